The summed E-state index contributed by atoms with van der Waals surface area (Å²) in [6.45, 7) is 2.46. The van der Waals surface area contributed by atoms with Crippen molar-refractivity contribution in [3.05, 3.63) is 47.3 Å². The molecule has 132 valence electrons. The maximum Gasteiger partial charge on any atom is 0.317 e. The van der Waals surface area contributed by atoms with Crippen LogP contribution in [0, 0.1) is 0 Å². The van der Waals surface area contributed by atoms with Gasteiger partial charge in [0.1, 0.15) is 0 Å². The van der Waals surface area contributed by atoms with E-state index < -0.39 is 0 Å². The maximum absolute atomic E-state index is 12.4. The lowest BCUT2D eigenvalue weighted by atomic mass is 9.98. The summed E-state index contributed by atoms with van der Waals surface area (Å²) in [7, 11) is 3.61. The second-order valence-corrected chi connectivity index (χ2v) is 6.51. The molecule has 0 unspecified atom stereocenters. The van der Waals surface area contributed by atoms with Crippen LogP contribution in [0.5, 0.6) is 0 Å². The van der Waals surface area contributed by atoms with Crippen molar-refractivity contribution in [3.63, 3.8) is 0 Å². The Morgan fingerprint density at radius 3 is 2.96 bits per heavy atom. The third-order valence-electron chi connectivity index (χ3n) is 4.39. The summed E-state index contributed by atoms with van der Waals surface area (Å²) < 4.78 is 1.72. The van der Waals surface area contributed by atoms with Gasteiger partial charge in [-0.15, -0.1) is 0 Å². The summed E-state index contributed by atoms with van der Waals surface area (Å²) in [4.78, 5) is 25.5. The van der Waals surface area contributed by atoms with Gasteiger partial charge in [0.05, 0.1) is 18.8 Å². The maximum atomic E-state index is 12.4. The number of rotatable bonds is 4. The zero-order chi connectivity index (χ0) is 18.0. The molecule has 3 amide bonds. The van der Waals surface area contributed by atoms with E-state index in [1.165, 1.54) is 0 Å². The lowest BCUT2D eigenvalue weighted by Crippen LogP contribution is -2.38. The Morgan fingerprint density at radius 1 is 1.44 bits per heavy atom. The fourth-order valence-electron chi connectivity index (χ4n) is 2.95. The molecule has 1 atom stereocenters. The van der Waals surface area contributed by atoms with Crippen LogP contribution in [0.25, 0.3) is 0 Å². The van der Waals surface area contributed by atoms with Crippen molar-refractivity contribution >= 4 is 17.6 Å². The van der Waals surface area contributed by atoms with E-state index in [4.69, 9.17) is 0 Å². The number of fused-ring (bicyclic) bond motifs is 1. The quantitative estimate of drug-likeness (QED) is 0.895. The molecule has 0 saturated heterocycles. The molecule has 1 aliphatic heterocycles. The van der Waals surface area contributed by atoms with Gasteiger partial charge in [-0.25, -0.2) is 4.79 Å². The molecule has 3 rings (SSSR count). The Morgan fingerprint density at radius 2 is 2.24 bits per heavy atom. The Labute approximate surface area is 147 Å². The van der Waals surface area contributed by atoms with Gasteiger partial charge in [0.25, 0.3) is 0 Å². The van der Waals surface area contributed by atoms with Crippen LogP contribution in [0.3, 0.4) is 0 Å². The SMILES string of the molecule is C[C@@H](NC(=O)N(C)Cc1cnn(C)c1)c1ccc2c(c1)CCC(=O)N2. The van der Waals surface area contributed by atoms with E-state index in [2.05, 4.69) is 21.8 Å². The van der Waals surface area contributed by atoms with E-state index in [1.807, 2.05) is 32.3 Å². The van der Waals surface area contributed by atoms with Crippen LogP contribution < -0.4 is 10.6 Å². The van der Waals surface area contributed by atoms with Crippen LogP contribution in [0.4, 0.5) is 10.5 Å². The molecule has 0 radical (unpaired) electrons. The third kappa shape index (κ3) is 3.99. The van der Waals surface area contributed by atoms with Crippen molar-refractivity contribution in [1.82, 2.24) is 20.0 Å². The average molecular weight is 341 g/mol. The predicted octanol–water partition coefficient (Wildman–Crippen LogP) is 2.21. The number of anilines is 1. The Bertz CT molecular complexity index is 799. The minimum absolute atomic E-state index is 0.0543. The van der Waals surface area contributed by atoms with Crippen LogP contribution in [-0.4, -0.2) is 33.7 Å². The molecule has 0 aliphatic carbocycles. The fourth-order valence-corrected chi connectivity index (χ4v) is 2.95. The van der Waals surface area contributed by atoms with Crippen molar-refractivity contribution in [2.75, 3.05) is 12.4 Å². The lowest BCUT2D eigenvalue weighted by molar-refractivity contribution is -0.116. The largest absolute Gasteiger partial charge is 0.331 e. The first-order valence-corrected chi connectivity index (χ1v) is 8.34. The molecule has 25 heavy (non-hydrogen) atoms. The predicted molar refractivity (Wildman–Crippen MR) is 95.0 cm³/mol. The number of aryl methyl sites for hydroxylation is 2. The van der Waals surface area contributed by atoms with Crippen LogP contribution in [0.2, 0.25) is 0 Å². The molecule has 1 aromatic heterocycles. The Balaban J connectivity index is 1.62. The number of carbonyl (C=O) groups excluding carboxylic acids is 2. The highest BCUT2D eigenvalue weighted by molar-refractivity contribution is 5.93. The average Bonchev–Trinajstić information content (AvgIpc) is 2.99. The summed E-state index contributed by atoms with van der Waals surface area (Å²) in [5, 5.41) is 10.00. The fraction of sp³-hybridized carbons (Fsp3) is 0.389. The van der Waals surface area contributed by atoms with Crippen molar-refractivity contribution in [3.8, 4) is 0 Å². The third-order valence-corrected chi connectivity index (χ3v) is 4.39. The lowest BCUT2D eigenvalue weighted by Gasteiger charge is -2.23. The van der Waals surface area contributed by atoms with Gasteiger partial charge < -0.3 is 15.5 Å². The summed E-state index contributed by atoms with van der Waals surface area (Å²) in [5.41, 5.74) is 3.99. The number of hydrogen-bond acceptors (Lipinski definition) is 3. The highest BCUT2D eigenvalue weighted by atomic mass is 16.2. The number of nitrogens with one attached hydrogen (secondary N) is 2. The van der Waals surface area contributed by atoms with Crippen molar-refractivity contribution in [1.29, 1.82) is 0 Å². The molecule has 1 aliphatic rings. The second kappa shape index (κ2) is 6.96. The van der Waals surface area contributed by atoms with Gasteiger partial charge in [0, 0.05) is 38.0 Å². The molecule has 2 aromatic rings. The number of benzene rings is 1. The highest BCUT2D eigenvalue weighted by Gasteiger charge is 2.18. The molecule has 0 fully saturated rings. The van der Waals surface area contributed by atoms with E-state index in [-0.39, 0.29) is 18.0 Å². The standard InChI is InChI=1S/C18H23N5O2/c1-12(14-4-6-16-15(8-14)5-7-17(24)21-16)20-18(25)22(2)10-13-9-19-23(3)11-13/h4,6,8-9,11-12H,5,7,10H2,1-3H3,(H,20,25)(H,21,24)/t12-/m1/s1. The van der Waals surface area contributed by atoms with Crippen LogP contribution in [0.1, 0.15) is 36.1 Å². The number of hydrogen-bond donors (Lipinski definition) is 2. The van der Waals surface area contributed by atoms with Crippen LogP contribution in [-0.2, 0) is 24.8 Å². The van der Waals surface area contributed by atoms with E-state index in [1.54, 1.807) is 22.8 Å². The number of urea groups is 1. The zero-order valence-corrected chi connectivity index (χ0v) is 14.7. The van der Waals surface area contributed by atoms with Gasteiger partial charge in [0.2, 0.25) is 5.91 Å². The molecule has 1 aromatic carbocycles. The van der Waals surface area contributed by atoms with Gasteiger partial charge in [0.15, 0.2) is 0 Å². The molecular formula is C18H23N5O2. The van der Waals surface area contributed by atoms with E-state index in [9.17, 15) is 9.59 Å². The van der Waals surface area contributed by atoms with Gasteiger partial charge in [-0.3, -0.25) is 9.48 Å². The number of carbonyl (C=O) groups is 2. The summed E-state index contributed by atoms with van der Waals surface area (Å²) in [5.74, 6) is 0.0543. The van der Waals surface area contributed by atoms with Gasteiger partial charge >= 0.3 is 6.03 Å². The van der Waals surface area contributed by atoms with Crippen LogP contribution >= 0.6 is 0 Å². The van der Waals surface area contributed by atoms with E-state index in [0.717, 1.165) is 28.8 Å². The summed E-state index contributed by atoms with van der Waals surface area (Å²) >= 11 is 0. The number of amides is 3. The molecule has 7 heteroatoms. The van der Waals surface area contributed by atoms with E-state index >= 15 is 0 Å². The second-order valence-electron chi connectivity index (χ2n) is 6.51. The van der Waals surface area contributed by atoms with Crippen molar-refractivity contribution < 1.29 is 9.59 Å². The minimum Gasteiger partial charge on any atom is -0.331 e. The molecule has 7 nitrogen and oxygen atoms in total. The summed E-state index contributed by atoms with van der Waals surface area (Å²) in [6, 6.07) is 5.65. The van der Waals surface area contributed by atoms with Crippen molar-refractivity contribution in [2.45, 2.75) is 32.4 Å². The molecular weight excluding hydrogens is 318 g/mol. The first-order valence-electron chi connectivity index (χ1n) is 8.34. The molecule has 0 bridgehead atoms. The summed E-state index contributed by atoms with van der Waals surface area (Å²) in [6.07, 6.45) is 4.89. The van der Waals surface area contributed by atoms with Crippen molar-refractivity contribution in [2.24, 2.45) is 7.05 Å². The molecule has 0 saturated carbocycles. The van der Waals surface area contributed by atoms with Gasteiger partial charge in [-0.2, -0.15) is 5.10 Å². The first kappa shape index (κ1) is 17.0. The topological polar surface area (TPSA) is 79.3 Å². The Hall–Kier alpha value is -2.83. The van der Waals surface area contributed by atoms with Crippen LogP contribution in [0.15, 0.2) is 30.6 Å². The monoisotopic (exact) mass is 341 g/mol. The molecule has 2 N–H and O–H groups in total. The minimum atomic E-state index is -0.137. The highest BCUT2D eigenvalue weighted by Crippen LogP contribution is 2.26. The van der Waals surface area contributed by atoms with Gasteiger partial charge in [-0.1, -0.05) is 12.1 Å². The Kier molecular flexibility index (Phi) is 4.74. The zero-order valence-electron chi connectivity index (χ0n) is 14.7. The molecule has 2 heterocycles. The first-order chi connectivity index (χ1) is 11.9. The molecule has 0 spiro atoms. The smallest absolute Gasteiger partial charge is 0.317 e. The number of aromatic nitrogens is 2. The van der Waals surface area contributed by atoms with E-state index in [0.29, 0.717) is 13.0 Å². The number of nitrogens with zero attached hydrogens (tertiary/aromatic N) is 3. The van der Waals surface area contributed by atoms with Gasteiger partial charge in [-0.05, 0) is 30.5 Å². The normalized spacial score (nSPS) is 14.4.